The number of fused-ring (bicyclic) bond motifs is 6. The van der Waals surface area contributed by atoms with E-state index in [9.17, 15) is 10.1 Å². The number of nitro groups is 1. The molecule has 0 saturated heterocycles. The van der Waals surface area contributed by atoms with Gasteiger partial charge in [0, 0.05) is 56.9 Å². The Morgan fingerprint density at radius 1 is 0.583 bits per heavy atom. The Bertz CT molecular complexity index is 2640. The number of nitro benzene ring substituents is 1. The standard InChI is InChI=1S/C21H16N2O2.C21H16N2/c1-15-6-2-4-8-19(15)22-13-12-17-14-16(10-11-20(17)22)18-7-3-5-9-21(18)23(24)25;1-14-6-2-5-9-19(14)23-13-12-17-20(23)11-10-16-15-7-3-4-8-18(15)22-21(16)17/h2-14H,1H3;2-13,22H,1H3. The molecule has 9 aromatic rings. The zero-order valence-electron chi connectivity index (χ0n) is 26.6. The average molecular weight is 625 g/mol. The normalized spacial score (nSPS) is 11.3. The van der Waals surface area contributed by atoms with E-state index in [1.807, 2.05) is 48.7 Å². The molecule has 0 atom stereocenters. The molecule has 0 saturated carbocycles. The van der Waals surface area contributed by atoms with Crippen LogP contribution >= 0.6 is 0 Å². The molecule has 0 aliphatic heterocycles. The zero-order chi connectivity index (χ0) is 32.8. The molecule has 3 heterocycles. The summed E-state index contributed by atoms with van der Waals surface area (Å²) in [5.74, 6) is 0. The molecule has 0 spiro atoms. The second-order valence-corrected chi connectivity index (χ2v) is 12.1. The van der Waals surface area contributed by atoms with Crippen molar-refractivity contribution in [3.63, 3.8) is 0 Å². The molecule has 1 N–H and O–H groups in total. The molecule has 0 fully saturated rings. The van der Waals surface area contributed by atoms with Gasteiger partial charge in [-0.3, -0.25) is 10.1 Å². The molecule has 0 radical (unpaired) electrons. The minimum Gasteiger partial charge on any atom is -0.354 e. The molecule has 6 aromatic carbocycles. The zero-order valence-corrected chi connectivity index (χ0v) is 26.6. The number of hydrogen-bond acceptors (Lipinski definition) is 2. The van der Waals surface area contributed by atoms with Crippen LogP contribution in [0.5, 0.6) is 0 Å². The molecule has 0 unspecified atom stereocenters. The lowest BCUT2D eigenvalue weighted by Gasteiger charge is -2.09. The summed E-state index contributed by atoms with van der Waals surface area (Å²) >= 11 is 0. The van der Waals surface area contributed by atoms with Crippen molar-refractivity contribution in [2.24, 2.45) is 0 Å². The lowest BCUT2D eigenvalue weighted by Crippen LogP contribution is -1.95. The third-order valence-electron chi connectivity index (χ3n) is 9.20. The van der Waals surface area contributed by atoms with E-state index in [4.69, 9.17) is 0 Å². The van der Waals surface area contributed by atoms with Crippen molar-refractivity contribution in [2.45, 2.75) is 13.8 Å². The number of H-pyrrole nitrogens is 1. The quantitative estimate of drug-likeness (QED) is 0.156. The van der Waals surface area contributed by atoms with Gasteiger partial charge >= 0.3 is 0 Å². The molecule has 3 aromatic heterocycles. The predicted molar refractivity (Wildman–Crippen MR) is 197 cm³/mol. The van der Waals surface area contributed by atoms with E-state index in [2.05, 4.69) is 113 Å². The van der Waals surface area contributed by atoms with Crippen LogP contribution in [0.2, 0.25) is 0 Å². The predicted octanol–water partition coefficient (Wildman–Crippen LogP) is 11.1. The lowest BCUT2D eigenvalue weighted by atomic mass is 10.0. The number of hydrogen-bond donors (Lipinski definition) is 1. The van der Waals surface area contributed by atoms with Crippen molar-refractivity contribution < 1.29 is 4.92 Å². The SMILES string of the molecule is Cc1ccccc1-n1ccc2c3[nH]c4ccccc4c3ccc21.Cc1ccccc1-n1ccc2cc(-c3ccccc3[N+](=O)[O-])ccc21. The summed E-state index contributed by atoms with van der Waals surface area (Å²) in [6.07, 6.45) is 4.20. The topological polar surface area (TPSA) is 68.8 Å². The van der Waals surface area contributed by atoms with Crippen LogP contribution in [0.15, 0.2) is 152 Å². The maximum atomic E-state index is 11.3. The van der Waals surface area contributed by atoms with Crippen LogP contribution in [0.3, 0.4) is 0 Å². The highest BCUT2D eigenvalue weighted by Crippen LogP contribution is 2.34. The van der Waals surface area contributed by atoms with Gasteiger partial charge in [-0.2, -0.15) is 0 Å². The smallest absolute Gasteiger partial charge is 0.277 e. The van der Waals surface area contributed by atoms with Gasteiger partial charge in [0.05, 0.1) is 27.0 Å². The molecule has 6 nitrogen and oxygen atoms in total. The highest BCUT2D eigenvalue weighted by Gasteiger charge is 2.16. The van der Waals surface area contributed by atoms with Gasteiger partial charge in [0.15, 0.2) is 0 Å². The van der Waals surface area contributed by atoms with E-state index in [1.165, 1.54) is 55.6 Å². The van der Waals surface area contributed by atoms with Gasteiger partial charge in [0.2, 0.25) is 0 Å². The van der Waals surface area contributed by atoms with Crippen molar-refractivity contribution in [2.75, 3.05) is 0 Å². The van der Waals surface area contributed by atoms with E-state index < -0.39 is 0 Å². The van der Waals surface area contributed by atoms with E-state index in [0.717, 1.165) is 22.2 Å². The average Bonchev–Trinajstić information content (AvgIpc) is 3.84. The van der Waals surface area contributed by atoms with Crippen molar-refractivity contribution in [1.82, 2.24) is 14.1 Å². The lowest BCUT2D eigenvalue weighted by molar-refractivity contribution is -0.384. The minimum atomic E-state index is -0.335. The summed E-state index contributed by atoms with van der Waals surface area (Å²) in [6, 6.07) is 46.7. The summed E-state index contributed by atoms with van der Waals surface area (Å²) in [6.45, 7) is 4.24. The van der Waals surface area contributed by atoms with E-state index in [1.54, 1.807) is 12.1 Å². The Morgan fingerprint density at radius 3 is 1.96 bits per heavy atom. The van der Waals surface area contributed by atoms with E-state index >= 15 is 0 Å². The van der Waals surface area contributed by atoms with Gasteiger partial charge in [0.1, 0.15) is 0 Å². The molecule has 48 heavy (non-hydrogen) atoms. The molecule has 0 bridgehead atoms. The number of aryl methyl sites for hydroxylation is 2. The van der Waals surface area contributed by atoms with Crippen LogP contribution < -0.4 is 0 Å². The van der Waals surface area contributed by atoms with Crippen LogP contribution in [0.4, 0.5) is 5.69 Å². The Kier molecular flexibility index (Phi) is 7.11. The highest BCUT2D eigenvalue weighted by molar-refractivity contribution is 6.16. The van der Waals surface area contributed by atoms with Crippen molar-refractivity contribution >= 4 is 49.3 Å². The first kappa shape index (κ1) is 29.0. The summed E-state index contributed by atoms with van der Waals surface area (Å²) < 4.78 is 4.42. The minimum absolute atomic E-state index is 0.125. The highest BCUT2D eigenvalue weighted by atomic mass is 16.6. The fourth-order valence-corrected chi connectivity index (χ4v) is 6.81. The maximum Gasteiger partial charge on any atom is 0.277 e. The molecule has 0 aliphatic rings. The first-order chi connectivity index (χ1) is 23.5. The molecular weight excluding hydrogens is 592 g/mol. The summed E-state index contributed by atoms with van der Waals surface area (Å²) in [7, 11) is 0. The van der Waals surface area contributed by atoms with E-state index in [0.29, 0.717) is 5.56 Å². The molecule has 9 rings (SSSR count). The van der Waals surface area contributed by atoms with Gasteiger partial charge < -0.3 is 14.1 Å². The summed E-state index contributed by atoms with van der Waals surface area (Å²) in [4.78, 5) is 14.5. The molecule has 232 valence electrons. The number of nitrogens with one attached hydrogen (secondary N) is 1. The molecule has 0 amide bonds. The number of aromatic nitrogens is 3. The van der Waals surface area contributed by atoms with E-state index in [-0.39, 0.29) is 10.6 Å². The second-order valence-electron chi connectivity index (χ2n) is 12.1. The monoisotopic (exact) mass is 624 g/mol. The molecule has 6 heteroatoms. The number of aromatic amines is 1. The van der Waals surface area contributed by atoms with Crippen molar-refractivity contribution in [3.05, 3.63) is 173 Å². The number of nitrogens with zero attached hydrogens (tertiary/aromatic N) is 3. The molecular formula is C42H32N4O2. The Labute approximate surface area is 277 Å². The third-order valence-corrected chi connectivity index (χ3v) is 9.20. The van der Waals surface area contributed by atoms with Gasteiger partial charge in [-0.05, 0) is 85.1 Å². The van der Waals surface area contributed by atoms with Crippen LogP contribution in [0, 0.1) is 24.0 Å². The number of para-hydroxylation sites is 4. The van der Waals surface area contributed by atoms with Crippen molar-refractivity contribution in [3.8, 4) is 22.5 Å². The molecule has 0 aliphatic carbocycles. The first-order valence-corrected chi connectivity index (χ1v) is 16.0. The van der Waals surface area contributed by atoms with Gasteiger partial charge in [-0.15, -0.1) is 0 Å². The summed E-state index contributed by atoms with van der Waals surface area (Å²) in [5.41, 5.74) is 11.2. The first-order valence-electron chi connectivity index (χ1n) is 16.0. The fraction of sp³-hybridized carbons (Fsp3) is 0.0476. The Hall–Kier alpha value is -6.40. The van der Waals surface area contributed by atoms with Gasteiger partial charge in [-0.25, -0.2) is 0 Å². The Balaban J connectivity index is 0.000000140. The number of rotatable bonds is 4. The van der Waals surface area contributed by atoms with Crippen molar-refractivity contribution in [1.29, 1.82) is 0 Å². The van der Waals surface area contributed by atoms with Gasteiger partial charge in [-0.1, -0.05) is 78.9 Å². The maximum absolute atomic E-state index is 11.3. The number of benzene rings is 6. The third kappa shape index (κ3) is 4.91. The summed E-state index contributed by atoms with van der Waals surface area (Å²) in [5, 5.41) is 16.2. The van der Waals surface area contributed by atoms with Crippen LogP contribution in [0.25, 0.3) is 66.1 Å². The van der Waals surface area contributed by atoms with Crippen LogP contribution in [-0.2, 0) is 0 Å². The Morgan fingerprint density at radius 2 is 1.21 bits per heavy atom. The van der Waals surface area contributed by atoms with Gasteiger partial charge in [0.25, 0.3) is 5.69 Å². The van der Waals surface area contributed by atoms with Crippen LogP contribution in [0.1, 0.15) is 11.1 Å². The fourth-order valence-electron chi connectivity index (χ4n) is 6.81. The largest absolute Gasteiger partial charge is 0.354 e. The van der Waals surface area contributed by atoms with Crippen LogP contribution in [-0.4, -0.2) is 19.0 Å². The second kappa shape index (κ2) is 11.8.